The Morgan fingerprint density at radius 3 is 2.65 bits per heavy atom. The number of hydrogen-bond donors (Lipinski definition) is 3. The van der Waals surface area contributed by atoms with Gasteiger partial charge in [0.2, 0.25) is 11.8 Å². The highest BCUT2D eigenvalue weighted by Gasteiger charge is 2.14. The maximum Gasteiger partial charge on any atom is 0.242 e. The van der Waals surface area contributed by atoms with Gasteiger partial charge in [0.05, 0.1) is 0 Å². The molecule has 20 heavy (non-hydrogen) atoms. The van der Waals surface area contributed by atoms with Crippen molar-refractivity contribution in [2.45, 2.75) is 39.2 Å². The van der Waals surface area contributed by atoms with E-state index in [1.165, 1.54) is 0 Å². The zero-order chi connectivity index (χ0) is 15.0. The minimum Gasteiger partial charge on any atom is -0.399 e. The zero-order valence-electron chi connectivity index (χ0n) is 12.1. The van der Waals surface area contributed by atoms with Gasteiger partial charge in [0.1, 0.15) is 6.04 Å². The van der Waals surface area contributed by atoms with Gasteiger partial charge in [0.15, 0.2) is 0 Å². The van der Waals surface area contributed by atoms with E-state index < -0.39 is 6.04 Å². The van der Waals surface area contributed by atoms with Crippen molar-refractivity contribution in [1.29, 1.82) is 0 Å². The van der Waals surface area contributed by atoms with Crippen molar-refractivity contribution in [3.8, 4) is 0 Å². The Labute approximate surface area is 119 Å². The first-order chi connectivity index (χ1) is 9.54. The number of nitrogens with one attached hydrogen (secondary N) is 2. The largest absolute Gasteiger partial charge is 0.399 e. The summed E-state index contributed by atoms with van der Waals surface area (Å²) in [5.74, 6) is -0.299. The summed E-state index contributed by atoms with van der Waals surface area (Å²) in [4.78, 5) is 23.4. The molecule has 0 saturated carbocycles. The first-order valence-electron chi connectivity index (χ1n) is 6.95. The third-order valence-electron chi connectivity index (χ3n) is 3.00. The molecule has 1 aromatic rings. The number of nitrogens with two attached hydrogens (primary N) is 1. The molecule has 1 aromatic carbocycles. The van der Waals surface area contributed by atoms with Gasteiger partial charge < -0.3 is 16.4 Å². The van der Waals surface area contributed by atoms with Crippen molar-refractivity contribution in [3.63, 3.8) is 0 Å². The summed E-state index contributed by atoms with van der Waals surface area (Å²) >= 11 is 0. The van der Waals surface area contributed by atoms with Crippen molar-refractivity contribution in [2.75, 3.05) is 12.3 Å². The summed E-state index contributed by atoms with van der Waals surface area (Å²) in [6, 6.07) is 6.96. The number of amides is 2. The Hall–Kier alpha value is -2.04. The molecule has 1 atom stereocenters. The van der Waals surface area contributed by atoms with Gasteiger partial charge in [-0.1, -0.05) is 25.1 Å². The van der Waals surface area contributed by atoms with E-state index in [-0.39, 0.29) is 11.8 Å². The highest BCUT2D eigenvalue weighted by molar-refractivity contribution is 5.87. The highest BCUT2D eigenvalue weighted by atomic mass is 16.2. The van der Waals surface area contributed by atoms with Crippen LogP contribution in [0.4, 0.5) is 5.69 Å². The predicted octanol–water partition coefficient (Wildman–Crippen LogP) is 1.23. The molecule has 0 aliphatic heterocycles. The van der Waals surface area contributed by atoms with E-state index in [4.69, 9.17) is 5.73 Å². The van der Waals surface area contributed by atoms with Crippen LogP contribution in [-0.2, 0) is 16.0 Å². The molecule has 0 aliphatic carbocycles. The number of rotatable bonds is 7. The molecule has 0 radical (unpaired) electrons. The monoisotopic (exact) mass is 277 g/mol. The topological polar surface area (TPSA) is 84.2 Å². The fraction of sp³-hybridized carbons (Fsp3) is 0.467. The third kappa shape index (κ3) is 5.30. The van der Waals surface area contributed by atoms with Crippen molar-refractivity contribution < 1.29 is 9.59 Å². The summed E-state index contributed by atoms with van der Waals surface area (Å²) in [5.41, 5.74) is 7.45. The molecule has 0 heterocycles. The van der Waals surface area contributed by atoms with Crippen molar-refractivity contribution in [1.82, 2.24) is 10.6 Å². The van der Waals surface area contributed by atoms with E-state index in [2.05, 4.69) is 10.6 Å². The summed E-state index contributed by atoms with van der Waals surface area (Å²) in [5, 5.41) is 5.43. The molecule has 0 spiro atoms. The maximum absolute atomic E-state index is 11.8. The lowest BCUT2D eigenvalue weighted by molar-refractivity contribution is -0.128. The molecule has 0 fully saturated rings. The van der Waals surface area contributed by atoms with E-state index in [9.17, 15) is 9.59 Å². The Kier molecular flexibility index (Phi) is 6.56. The minimum absolute atomic E-state index is 0.146. The molecule has 0 aromatic heterocycles. The number of benzene rings is 1. The van der Waals surface area contributed by atoms with E-state index in [0.717, 1.165) is 12.0 Å². The number of carbonyl (C=O) groups excluding carboxylic acids is 2. The van der Waals surface area contributed by atoms with Crippen LogP contribution in [0, 0.1) is 0 Å². The van der Waals surface area contributed by atoms with Crippen LogP contribution in [-0.4, -0.2) is 24.4 Å². The molecular formula is C15H23N3O2. The SMILES string of the molecule is CCCNC(=O)C(C)NC(=O)CCc1ccccc1N. The van der Waals surface area contributed by atoms with Crippen LogP contribution >= 0.6 is 0 Å². The lowest BCUT2D eigenvalue weighted by Crippen LogP contribution is -2.45. The Morgan fingerprint density at radius 1 is 1.30 bits per heavy atom. The standard InChI is InChI=1S/C15H23N3O2/c1-3-10-17-15(20)11(2)18-14(19)9-8-12-6-4-5-7-13(12)16/h4-7,11H,3,8-10,16H2,1-2H3,(H,17,20)(H,18,19). The molecule has 110 valence electrons. The maximum atomic E-state index is 11.8. The molecule has 1 rings (SSSR count). The summed E-state index contributed by atoms with van der Waals surface area (Å²) in [6.45, 7) is 4.28. The number of anilines is 1. The third-order valence-corrected chi connectivity index (χ3v) is 3.00. The first-order valence-corrected chi connectivity index (χ1v) is 6.95. The smallest absolute Gasteiger partial charge is 0.242 e. The fourth-order valence-corrected chi connectivity index (χ4v) is 1.79. The van der Waals surface area contributed by atoms with Crippen molar-refractivity contribution in [3.05, 3.63) is 29.8 Å². The second kappa shape index (κ2) is 8.19. The van der Waals surface area contributed by atoms with Crippen LogP contribution < -0.4 is 16.4 Å². The molecule has 5 nitrogen and oxygen atoms in total. The molecular weight excluding hydrogens is 254 g/mol. The second-order valence-corrected chi connectivity index (χ2v) is 4.78. The van der Waals surface area contributed by atoms with E-state index in [0.29, 0.717) is 25.1 Å². The second-order valence-electron chi connectivity index (χ2n) is 4.78. The predicted molar refractivity (Wildman–Crippen MR) is 80.1 cm³/mol. The summed E-state index contributed by atoms with van der Waals surface area (Å²) in [6.07, 6.45) is 1.76. The number of aryl methyl sites for hydroxylation is 1. The van der Waals surface area contributed by atoms with Gasteiger partial charge in [-0.15, -0.1) is 0 Å². The van der Waals surface area contributed by atoms with Gasteiger partial charge in [0, 0.05) is 18.7 Å². The highest BCUT2D eigenvalue weighted by Crippen LogP contribution is 2.12. The zero-order valence-corrected chi connectivity index (χ0v) is 12.1. The number of para-hydroxylation sites is 1. The van der Waals surface area contributed by atoms with Crippen LogP contribution in [0.3, 0.4) is 0 Å². The molecule has 0 saturated heterocycles. The van der Waals surface area contributed by atoms with Crippen LogP contribution in [0.25, 0.3) is 0 Å². The minimum atomic E-state index is -0.512. The van der Waals surface area contributed by atoms with Gasteiger partial charge in [-0.3, -0.25) is 9.59 Å². The van der Waals surface area contributed by atoms with Crippen molar-refractivity contribution >= 4 is 17.5 Å². The van der Waals surface area contributed by atoms with Crippen LogP contribution in [0.15, 0.2) is 24.3 Å². The first kappa shape index (κ1) is 16.0. The lowest BCUT2D eigenvalue weighted by Gasteiger charge is -2.14. The lowest BCUT2D eigenvalue weighted by atomic mass is 10.1. The fourth-order valence-electron chi connectivity index (χ4n) is 1.79. The number of hydrogen-bond acceptors (Lipinski definition) is 3. The van der Waals surface area contributed by atoms with E-state index in [1.54, 1.807) is 6.92 Å². The molecule has 0 aliphatic rings. The number of nitrogen functional groups attached to an aromatic ring is 1. The average Bonchev–Trinajstić information content (AvgIpc) is 2.43. The van der Waals surface area contributed by atoms with E-state index >= 15 is 0 Å². The van der Waals surface area contributed by atoms with Gasteiger partial charge in [-0.2, -0.15) is 0 Å². The normalized spacial score (nSPS) is 11.7. The van der Waals surface area contributed by atoms with Gasteiger partial charge in [-0.25, -0.2) is 0 Å². The molecule has 1 unspecified atom stereocenters. The molecule has 0 bridgehead atoms. The van der Waals surface area contributed by atoms with Gasteiger partial charge in [-0.05, 0) is 31.4 Å². The van der Waals surface area contributed by atoms with E-state index in [1.807, 2.05) is 31.2 Å². The molecule has 2 amide bonds. The van der Waals surface area contributed by atoms with Crippen LogP contribution in [0.2, 0.25) is 0 Å². The van der Waals surface area contributed by atoms with Crippen LogP contribution in [0.1, 0.15) is 32.3 Å². The summed E-state index contributed by atoms with van der Waals surface area (Å²) in [7, 11) is 0. The van der Waals surface area contributed by atoms with Crippen molar-refractivity contribution in [2.24, 2.45) is 0 Å². The Morgan fingerprint density at radius 2 is 2.00 bits per heavy atom. The van der Waals surface area contributed by atoms with Gasteiger partial charge >= 0.3 is 0 Å². The Balaban J connectivity index is 2.37. The average molecular weight is 277 g/mol. The molecule has 5 heteroatoms. The molecule has 4 N–H and O–H groups in total. The quantitative estimate of drug-likeness (QED) is 0.655. The number of carbonyl (C=O) groups is 2. The van der Waals surface area contributed by atoms with Crippen LogP contribution in [0.5, 0.6) is 0 Å². The Bertz CT molecular complexity index is 460. The van der Waals surface area contributed by atoms with Gasteiger partial charge in [0.25, 0.3) is 0 Å². The summed E-state index contributed by atoms with van der Waals surface area (Å²) < 4.78 is 0.